The van der Waals surface area contributed by atoms with Gasteiger partial charge in [-0.1, -0.05) is 0 Å². The first-order valence-electron chi connectivity index (χ1n) is 7.12. The molecule has 1 aromatic heterocycles. The molecule has 0 amide bonds. The van der Waals surface area contributed by atoms with Crippen molar-refractivity contribution in [2.75, 3.05) is 0 Å². The summed E-state index contributed by atoms with van der Waals surface area (Å²) in [5.41, 5.74) is 0.0473. The number of carboxylic acids is 1. The van der Waals surface area contributed by atoms with Gasteiger partial charge in [0.05, 0.1) is 5.69 Å². The second kappa shape index (κ2) is 3.52. The molecule has 0 atom stereocenters. The SMILES string of the molecule is O=C(O)c1c(C23CC4CC(CC(C4)C2)C3)[nH][nH]c1=O. The summed E-state index contributed by atoms with van der Waals surface area (Å²) in [6.45, 7) is 0. The molecule has 0 aromatic carbocycles. The largest absolute Gasteiger partial charge is 0.477 e. The maximum atomic E-state index is 11.7. The zero-order valence-corrected chi connectivity index (χ0v) is 10.7. The van der Waals surface area contributed by atoms with Crippen LogP contribution in [0.4, 0.5) is 0 Å². The summed E-state index contributed by atoms with van der Waals surface area (Å²) in [5.74, 6) is 1.08. The maximum absolute atomic E-state index is 11.7. The molecule has 1 aromatic rings. The predicted molar refractivity (Wildman–Crippen MR) is 68.2 cm³/mol. The Morgan fingerprint density at radius 2 is 1.58 bits per heavy atom. The Morgan fingerprint density at radius 3 is 2.05 bits per heavy atom. The molecule has 1 heterocycles. The van der Waals surface area contributed by atoms with Gasteiger partial charge < -0.3 is 10.2 Å². The minimum absolute atomic E-state index is 0.0537. The normalized spacial score (nSPS) is 39.7. The van der Waals surface area contributed by atoms with Crippen LogP contribution in [0.2, 0.25) is 0 Å². The Kier molecular flexibility index (Phi) is 2.10. The smallest absolute Gasteiger partial charge is 0.343 e. The highest BCUT2D eigenvalue weighted by atomic mass is 16.4. The number of aromatic amines is 2. The average Bonchev–Trinajstić information content (AvgIpc) is 2.70. The van der Waals surface area contributed by atoms with Gasteiger partial charge in [-0.15, -0.1) is 0 Å². The number of aromatic carboxylic acids is 1. The number of aromatic nitrogens is 2. The summed E-state index contributed by atoms with van der Waals surface area (Å²) in [5, 5.41) is 14.7. The van der Waals surface area contributed by atoms with Crippen LogP contribution in [-0.2, 0) is 5.41 Å². The van der Waals surface area contributed by atoms with Crippen molar-refractivity contribution in [1.29, 1.82) is 0 Å². The lowest BCUT2D eigenvalue weighted by molar-refractivity contribution is -0.00784. The van der Waals surface area contributed by atoms with Crippen molar-refractivity contribution < 1.29 is 9.90 Å². The molecule has 0 radical (unpaired) electrons. The second-order valence-corrected chi connectivity index (χ2v) is 6.83. The minimum Gasteiger partial charge on any atom is -0.477 e. The van der Waals surface area contributed by atoms with E-state index in [2.05, 4.69) is 10.2 Å². The third kappa shape index (κ3) is 1.47. The van der Waals surface area contributed by atoms with Gasteiger partial charge in [0.2, 0.25) is 0 Å². The molecule has 0 saturated heterocycles. The Balaban J connectivity index is 1.84. The molecular weight excluding hydrogens is 244 g/mol. The lowest BCUT2D eigenvalue weighted by Gasteiger charge is -2.56. The minimum atomic E-state index is -1.10. The van der Waals surface area contributed by atoms with Gasteiger partial charge in [0.25, 0.3) is 5.56 Å². The molecule has 4 aliphatic carbocycles. The number of H-pyrrole nitrogens is 2. The molecule has 4 saturated carbocycles. The van der Waals surface area contributed by atoms with Crippen LogP contribution in [0.3, 0.4) is 0 Å². The lowest BCUT2D eigenvalue weighted by atomic mass is 9.48. The molecule has 0 spiro atoms. The summed E-state index contributed by atoms with van der Waals surface area (Å²) in [6, 6.07) is 0. The molecule has 102 valence electrons. The fourth-order valence-electron chi connectivity index (χ4n) is 5.38. The highest BCUT2D eigenvalue weighted by Crippen LogP contribution is 2.60. The van der Waals surface area contributed by atoms with Gasteiger partial charge in [-0.2, -0.15) is 0 Å². The van der Waals surface area contributed by atoms with Crippen molar-refractivity contribution in [3.8, 4) is 0 Å². The van der Waals surface area contributed by atoms with E-state index in [1.54, 1.807) is 0 Å². The number of carbonyl (C=O) groups is 1. The molecule has 4 aliphatic rings. The van der Waals surface area contributed by atoms with Crippen molar-refractivity contribution in [2.24, 2.45) is 17.8 Å². The molecule has 0 unspecified atom stereocenters. The fourth-order valence-corrected chi connectivity index (χ4v) is 5.38. The first kappa shape index (κ1) is 11.3. The molecule has 3 N–H and O–H groups in total. The van der Waals surface area contributed by atoms with Crippen LogP contribution in [0.15, 0.2) is 4.79 Å². The van der Waals surface area contributed by atoms with Crippen molar-refractivity contribution in [2.45, 2.75) is 43.9 Å². The first-order chi connectivity index (χ1) is 9.07. The lowest BCUT2D eigenvalue weighted by Crippen LogP contribution is -2.49. The van der Waals surface area contributed by atoms with Crippen LogP contribution in [-0.4, -0.2) is 21.3 Å². The topological polar surface area (TPSA) is 85.9 Å². The van der Waals surface area contributed by atoms with Crippen LogP contribution in [0.5, 0.6) is 0 Å². The summed E-state index contributed by atoms with van der Waals surface area (Å²) in [4.78, 5) is 23.1. The van der Waals surface area contributed by atoms with Gasteiger partial charge in [0.1, 0.15) is 5.56 Å². The van der Waals surface area contributed by atoms with Gasteiger partial charge in [-0.3, -0.25) is 9.89 Å². The third-order valence-corrected chi connectivity index (χ3v) is 5.56. The van der Waals surface area contributed by atoms with Crippen LogP contribution in [0.1, 0.15) is 54.6 Å². The number of hydrogen-bond acceptors (Lipinski definition) is 2. The first-order valence-corrected chi connectivity index (χ1v) is 7.12. The van der Waals surface area contributed by atoms with Crippen molar-refractivity contribution in [3.05, 3.63) is 21.6 Å². The van der Waals surface area contributed by atoms with E-state index in [4.69, 9.17) is 0 Å². The van der Waals surface area contributed by atoms with E-state index >= 15 is 0 Å². The van der Waals surface area contributed by atoms with E-state index in [1.165, 1.54) is 19.3 Å². The standard InChI is InChI=1S/C14H18N2O3/c17-12-10(13(18)19)11(15-16-12)14-4-7-1-8(5-14)3-9(2-7)6-14/h7-9H,1-6H2,(H,18,19)(H2,15,16,17). The summed E-state index contributed by atoms with van der Waals surface area (Å²) in [7, 11) is 0. The van der Waals surface area contributed by atoms with Crippen LogP contribution < -0.4 is 5.56 Å². The molecule has 4 fully saturated rings. The quantitative estimate of drug-likeness (QED) is 0.760. The number of rotatable bonds is 2. The van der Waals surface area contributed by atoms with Gasteiger partial charge in [0, 0.05) is 5.41 Å². The monoisotopic (exact) mass is 262 g/mol. The van der Waals surface area contributed by atoms with Crippen LogP contribution >= 0.6 is 0 Å². The van der Waals surface area contributed by atoms with Gasteiger partial charge in [-0.25, -0.2) is 4.79 Å². The fraction of sp³-hybridized carbons (Fsp3) is 0.714. The zero-order chi connectivity index (χ0) is 13.2. The Hall–Kier alpha value is -1.52. The van der Waals surface area contributed by atoms with Crippen molar-refractivity contribution >= 4 is 5.97 Å². The second-order valence-electron chi connectivity index (χ2n) is 6.83. The molecule has 19 heavy (non-hydrogen) atoms. The van der Waals surface area contributed by atoms with E-state index in [1.807, 2.05) is 0 Å². The van der Waals surface area contributed by atoms with E-state index < -0.39 is 11.5 Å². The van der Waals surface area contributed by atoms with Crippen molar-refractivity contribution in [3.63, 3.8) is 0 Å². The highest BCUT2D eigenvalue weighted by molar-refractivity contribution is 5.89. The average molecular weight is 262 g/mol. The Labute approximate surface area is 110 Å². The molecule has 5 heteroatoms. The van der Waals surface area contributed by atoms with Gasteiger partial charge in [0.15, 0.2) is 0 Å². The predicted octanol–water partition coefficient (Wildman–Crippen LogP) is 1.87. The van der Waals surface area contributed by atoms with Gasteiger partial charge >= 0.3 is 5.97 Å². The van der Waals surface area contributed by atoms with E-state index in [0.717, 1.165) is 37.0 Å². The molecule has 0 aliphatic heterocycles. The molecule has 5 nitrogen and oxygen atoms in total. The summed E-state index contributed by atoms with van der Waals surface area (Å²) >= 11 is 0. The summed E-state index contributed by atoms with van der Waals surface area (Å²) < 4.78 is 0. The van der Waals surface area contributed by atoms with E-state index in [9.17, 15) is 14.7 Å². The summed E-state index contributed by atoms with van der Waals surface area (Å²) in [6.07, 6.45) is 7.05. The van der Waals surface area contributed by atoms with Gasteiger partial charge in [-0.05, 0) is 56.3 Å². The van der Waals surface area contributed by atoms with Crippen LogP contribution in [0, 0.1) is 17.8 Å². The number of hydrogen-bond donors (Lipinski definition) is 3. The molecule has 5 rings (SSSR count). The van der Waals surface area contributed by atoms with Crippen molar-refractivity contribution in [1.82, 2.24) is 10.2 Å². The number of nitrogens with one attached hydrogen (secondary N) is 2. The maximum Gasteiger partial charge on any atom is 0.343 e. The Morgan fingerprint density at radius 1 is 1.05 bits per heavy atom. The highest BCUT2D eigenvalue weighted by Gasteiger charge is 2.53. The van der Waals surface area contributed by atoms with E-state index in [0.29, 0.717) is 5.69 Å². The Bertz CT molecular complexity index is 563. The van der Waals surface area contributed by atoms with Crippen LogP contribution in [0.25, 0.3) is 0 Å². The molecule has 4 bridgehead atoms. The molecular formula is C14H18N2O3. The zero-order valence-electron chi connectivity index (χ0n) is 10.7. The van der Waals surface area contributed by atoms with E-state index in [-0.39, 0.29) is 11.0 Å². The third-order valence-electron chi connectivity index (χ3n) is 5.56. The number of carboxylic acid groups (broad SMARTS) is 1.